The third kappa shape index (κ3) is 5.84. The Morgan fingerprint density at radius 2 is 1.84 bits per heavy atom. The Labute approximate surface area is 225 Å². The molecule has 8 atom stereocenters. The van der Waals surface area contributed by atoms with Gasteiger partial charge in [0.05, 0.1) is 6.10 Å². The lowest BCUT2D eigenvalue weighted by molar-refractivity contribution is -0.0573. The van der Waals surface area contributed by atoms with Gasteiger partial charge in [0.2, 0.25) is 0 Å². The third-order valence-corrected chi connectivity index (χ3v) is 11.2. The summed E-state index contributed by atoms with van der Waals surface area (Å²) in [6.07, 6.45) is 18.6. The number of aliphatic hydroxyl groups is 1. The van der Waals surface area contributed by atoms with Gasteiger partial charge < -0.3 is 10.2 Å². The molecule has 0 spiro atoms. The van der Waals surface area contributed by atoms with Crippen molar-refractivity contribution in [2.45, 2.75) is 111 Å². The maximum Gasteiger partial charge on any atom is 0.354 e. The Morgan fingerprint density at radius 3 is 2.49 bits per heavy atom. The Kier molecular flexibility index (Phi) is 8.88. The Balaban J connectivity index is 0.000000301. The van der Waals surface area contributed by atoms with Crippen LogP contribution in [0.1, 0.15) is 116 Å². The average molecular weight is 510 g/mol. The molecule has 37 heavy (non-hydrogen) atoms. The summed E-state index contributed by atoms with van der Waals surface area (Å²) in [7, 11) is 0. The number of aliphatic hydroxyl groups excluding tert-OH is 1. The fraction of sp³-hybridized carbons (Fsp3) is 0.758. The average Bonchev–Trinajstić information content (AvgIpc) is 3.22. The van der Waals surface area contributed by atoms with Gasteiger partial charge in [-0.25, -0.2) is 9.78 Å². The number of carboxylic acid groups (broad SMARTS) is 1. The number of pyridine rings is 1. The molecule has 2 N–H and O–H groups in total. The van der Waals surface area contributed by atoms with Crippen molar-refractivity contribution < 1.29 is 15.0 Å². The molecule has 206 valence electrons. The summed E-state index contributed by atoms with van der Waals surface area (Å²) in [5.41, 5.74) is 2.68. The number of hydrogen-bond acceptors (Lipinski definition) is 3. The summed E-state index contributed by atoms with van der Waals surface area (Å²) in [6, 6.07) is 4.76. The molecule has 1 aromatic rings. The van der Waals surface area contributed by atoms with E-state index in [1.807, 2.05) is 0 Å². The van der Waals surface area contributed by atoms with E-state index in [-0.39, 0.29) is 11.8 Å². The molecule has 4 aliphatic carbocycles. The lowest BCUT2D eigenvalue weighted by Gasteiger charge is -2.58. The van der Waals surface area contributed by atoms with Crippen LogP contribution in [0.25, 0.3) is 0 Å². The maximum atomic E-state index is 10.2. The number of carboxylic acids is 1. The second-order valence-electron chi connectivity index (χ2n) is 13.7. The van der Waals surface area contributed by atoms with Crippen LogP contribution in [0.3, 0.4) is 0 Å². The summed E-state index contributed by atoms with van der Waals surface area (Å²) in [5.74, 6) is 4.47. The SMILES string of the molecule is CC(C)CCCC(C)[C@H]1CC[C@H]2[C@@H]3CC=C4C[C@@H](O)CC[C@]4(C)[C@H]3CC[C@]12C.O=C(O)c1ccccn1. The van der Waals surface area contributed by atoms with Crippen LogP contribution in [0.4, 0.5) is 0 Å². The summed E-state index contributed by atoms with van der Waals surface area (Å²) >= 11 is 0. The summed E-state index contributed by atoms with van der Waals surface area (Å²) in [6.45, 7) is 12.6. The Bertz CT molecular complexity index is 942. The minimum absolute atomic E-state index is 0.0766. The van der Waals surface area contributed by atoms with E-state index < -0.39 is 5.97 Å². The van der Waals surface area contributed by atoms with Crippen LogP contribution in [0, 0.1) is 46.3 Å². The predicted octanol–water partition coefficient (Wildman–Crippen LogP) is 8.17. The van der Waals surface area contributed by atoms with Crippen molar-refractivity contribution >= 4 is 5.97 Å². The number of aromatic carboxylic acids is 1. The number of rotatable bonds is 6. The van der Waals surface area contributed by atoms with E-state index >= 15 is 0 Å². The van der Waals surface area contributed by atoms with E-state index in [2.05, 4.69) is 45.7 Å². The number of fused-ring (bicyclic) bond motifs is 5. The fourth-order valence-corrected chi connectivity index (χ4v) is 9.16. The minimum Gasteiger partial charge on any atom is -0.477 e. The van der Waals surface area contributed by atoms with E-state index in [9.17, 15) is 9.90 Å². The van der Waals surface area contributed by atoms with Crippen molar-refractivity contribution in [1.29, 1.82) is 0 Å². The Morgan fingerprint density at radius 1 is 1.05 bits per heavy atom. The fourth-order valence-electron chi connectivity index (χ4n) is 9.16. The van der Waals surface area contributed by atoms with Gasteiger partial charge in [0.15, 0.2) is 0 Å². The number of nitrogens with zero attached hydrogens (tertiary/aromatic N) is 1. The van der Waals surface area contributed by atoms with Gasteiger partial charge in [-0.2, -0.15) is 0 Å². The molecule has 1 unspecified atom stereocenters. The highest BCUT2D eigenvalue weighted by Gasteiger charge is 2.59. The van der Waals surface area contributed by atoms with Crippen LogP contribution >= 0.6 is 0 Å². The van der Waals surface area contributed by atoms with Crippen molar-refractivity contribution in [2.24, 2.45) is 46.3 Å². The molecule has 4 aliphatic rings. The van der Waals surface area contributed by atoms with Gasteiger partial charge in [0.1, 0.15) is 5.69 Å². The normalized spacial score (nSPS) is 37.4. The molecular weight excluding hydrogens is 458 g/mol. The Hall–Kier alpha value is -1.68. The monoisotopic (exact) mass is 509 g/mol. The first kappa shape index (κ1) is 28.3. The highest BCUT2D eigenvalue weighted by molar-refractivity contribution is 5.85. The molecule has 0 amide bonds. The van der Waals surface area contributed by atoms with Crippen LogP contribution in [0.15, 0.2) is 36.0 Å². The first-order valence-corrected chi connectivity index (χ1v) is 15.1. The smallest absolute Gasteiger partial charge is 0.354 e. The van der Waals surface area contributed by atoms with Gasteiger partial charge in [-0.15, -0.1) is 0 Å². The standard InChI is InChI=1S/C27H46O.C6H5NO2/c1-18(2)7-6-8-19(3)23-11-12-24-22-10-9-20-17-21(28)13-15-26(20,4)25(22)14-16-27(23,24)5;8-6(9)5-3-1-2-4-7-5/h9,18-19,21-25,28H,6-8,10-17H2,1-5H3;1-4H,(H,8,9)/t19?,21-,22-,23+,24-,25-,26-,27+;/m0./s1. The largest absolute Gasteiger partial charge is 0.477 e. The van der Waals surface area contributed by atoms with Crippen molar-refractivity contribution in [3.8, 4) is 0 Å². The second-order valence-corrected chi connectivity index (χ2v) is 13.7. The molecule has 0 saturated heterocycles. The number of allylic oxidation sites excluding steroid dienone is 1. The van der Waals surface area contributed by atoms with E-state index in [0.717, 1.165) is 48.3 Å². The van der Waals surface area contributed by atoms with Crippen molar-refractivity contribution in [3.05, 3.63) is 41.7 Å². The summed E-state index contributed by atoms with van der Waals surface area (Å²) in [4.78, 5) is 13.7. The van der Waals surface area contributed by atoms with E-state index in [4.69, 9.17) is 5.11 Å². The topological polar surface area (TPSA) is 70.4 Å². The third-order valence-electron chi connectivity index (χ3n) is 11.2. The maximum absolute atomic E-state index is 10.2. The second kappa shape index (κ2) is 11.6. The summed E-state index contributed by atoms with van der Waals surface area (Å²) < 4.78 is 0. The minimum atomic E-state index is -0.990. The molecule has 0 bridgehead atoms. The first-order valence-electron chi connectivity index (χ1n) is 15.1. The van der Waals surface area contributed by atoms with Crippen LogP contribution in [0.5, 0.6) is 0 Å². The molecule has 5 rings (SSSR count). The number of aromatic nitrogens is 1. The van der Waals surface area contributed by atoms with Crippen molar-refractivity contribution in [2.75, 3.05) is 0 Å². The van der Waals surface area contributed by atoms with Crippen molar-refractivity contribution in [3.63, 3.8) is 0 Å². The lowest BCUT2D eigenvalue weighted by atomic mass is 9.47. The highest BCUT2D eigenvalue weighted by Crippen LogP contribution is 2.67. The van der Waals surface area contributed by atoms with Gasteiger partial charge in [0, 0.05) is 6.20 Å². The molecule has 1 aromatic heterocycles. The van der Waals surface area contributed by atoms with E-state index in [0.29, 0.717) is 10.8 Å². The van der Waals surface area contributed by atoms with Gasteiger partial charge in [-0.1, -0.05) is 71.6 Å². The zero-order chi connectivity index (χ0) is 26.8. The van der Waals surface area contributed by atoms with Crippen LogP contribution in [0.2, 0.25) is 0 Å². The van der Waals surface area contributed by atoms with Crippen molar-refractivity contribution in [1.82, 2.24) is 4.98 Å². The molecular formula is C33H51NO3. The number of hydrogen-bond donors (Lipinski definition) is 2. The van der Waals surface area contributed by atoms with Gasteiger partial charge >= 0.3 is 5.97 Å². The quantitative estimate of drug-likeness (QED) is 0.379. The zero-order valence-corrected chi connectivity index (χ0v) is 24.0. The van der Waals surface area contributed by atoms with Crippen LogP contribution in [-0.2, 0) is 0 Å². The van der Waals surface area contributed by atoms with Crippen LogP contribution < -0.4 is 0 Å². The number of carbonyl (C=O) groups is 1. The molecule has 0 radical (unpaired) electrons. The lowest BCUT2D eigenvalue weighted by Crippen LogP contribution is -2.50. The van der Waals surface area contributed by atoms with Gasteiger partial charge in [-0.3, -0.25) is 0 Å². The molecule has 3 fully saturated rings. The van der Waals surface area contributed by atoms with E-state index in [1.165, 1.54) is 70.1 Å². The molecule has 0 aliphatic heterocycles. The molecule has 4 nitrogen and oxygen atoms in total. The van der Waals surface area contributed by atoms with E-state index in [1.54, 1.807) is 17.7 Å². The molecule has 3 saturated carbocycles. The molecule has 4 heteroatoms. The predicted molar refractivity (Wildman–Crippen MR) is 150 cm³/mol. The summed E-state index contributed by atoms with van der Waals surface area (Å²) in [5, 5.41) is 18.5. The highest BCUT2D eigenvalue weighted by atomic mass is 16.4. The first-order chi connectivity index (χ1) is 17.6. The van der Waals surface area contributed by atoms with Gasteiger partial charge in [0.25, 0.3) is 0 Å². The van der Waals surface area contributed by atoms with Crippen LogP contribution in [-0.4, -0.2) is 27.3 Å². The van der Waals surface area contributed by atoms with Gasteiger partial charge in [-0.05, 0) is 110 Å². The molecule has 1 heterocycles. The zero-order valence-electron chi connectivity index (χ0n) is 24.0. The molecule has 0 aromatic carbocycles.